The predicted octanol–water partition coefficient (Wildman–Crippen LogP) is -0.259. The molecule has 0 amide bonds. The molecule has 0 fully saturated rings. The summed E-state index contributed by atoms with van der Waals surface area (Å²) in [5.41, 5.74) is 5.40. The number of carbonyl (C=O) groups is 1. The smallest absolute Gasteiger partial charge is 0.314 e. The number of aromatic nitrogens is 3. The summed E-state index contributed by atoms with van der Waals surface area (Å²) in [7, 11) is 0. The van der Waals surface area contributed by atoms with E-state index in [1.807, 2.05) is 4.57 Å². The van der Waals surface area contributed by atoms with Crippen LogP contribution in [0, 0.1) is 0 Å². The maximum Gasteiger partial charge on any atom is 0.314 e. The van der Waals surface area contributed by atoms with Gasteiger partial charge in [-0.05, 0) is 19.4 Å². The summed E-state index contributed by atoms with van der Waals surface area (Å²) in [5.74, 6) is -0.0365. The summed E-state index contributed by atoms with van der Waals surface area (Å²) in [4.78, 5) is 11.1. The molecular formula is C9H14N4O2. The fourth-order valence-electron chi connectivity index (χ4n) is 1.96. The molecule has 1 aromatic heterocycles. The Kier molecular flexibility index (Phi) is 2.68. The lowest BCUT2D eigenvalue weighted by atomic mass is 10.1. The third-order valence-electron chi connectivity index (χ3n) is 2.70. The van der Waals surface area contributed by atoms with Crippen molar-refractivity contribution in [1.82, 2.24) is 14.8 Å². The molecule has 2 heterocycles. The summed E-state index contributed by atoms with van der Waals surface area (Å²) in [5, 5.41) is 17.0. The average molecular weight is 210 g/mol. The van der Waals surface area contributed by atoms with Crippen LogP contribution in [-0.4, -0.2) is 32.4 Å². The molecule has 6 heteroatoms. The van der Waals surface area contributed by atoms with E-state index in [4.69, 9.17) is 10.8 Å². The van der Waals surface area contributed by atoms with Gasteiger partial charge in [-0.2, -0.15) is 0 Å². The molecule has 3 N–H and O–H groups in total. The fourth-order valence-corrected chi connectivity index (χ4v) is 1.96. The Labute approximate surface area is 87.1 Å². The zero-order chi connectivity index (χ0) is 10.8. The summed E-state index contributed by atoms with van der Waals surface area (Å²) in [6, 6.07) is 0. The highest BCUT2D eigenvalue weighted by Crippen LogP contribution is 2.22. The molecule has 0 spiro atoms. The van der Waals surface area contributed by atoms with Crippen LogP contribution in [0.25, 0.3) is 0 Å². The van der Waals surface area contributed by atoms with Crippen LogP contribution in [-0.2, 0) is 17.8 Å². The molecule has 2 rings (SSSR count). The van der Waals surface area contributed by atoms with E-state index in [1.54, 1.807) is 0 Å². The van der Waals surface area contributed by atoms with E-state index in [0.29, 0.717) is 18.8 Å². The van der Waals surface area contributed by atoms with Crippen LogP contribution in [0.4, 0.5) is 0 Å². The number of hydrogen-bond donors (Lipinski definition) is 2. The summed E-state index contributed by atoms with van der Waals surface area (Å²) < 4.78 is 1.91. The Balaban J connectivity index is 2.29. The molecule has 1 unspecified atom stereocenters. The van der Waals surface area contributed by atoms with Crippen LogP contribution >= 0.6 is 0 Å². The third-order valence-corrected chi connectivity index (χ3v) is 2.70. The minimum absolute atomic E-state index is 0.346. The van der Waals surface area contributed by atoms with E-state index < -0.39 is 11.9 Å². The highest BCUT2D eigenvalue weighted by atomic mass is 16.4. The number of rotatable bonds is 4. The molecule has 1 aliphatic rings. The maximum absolute atomic E-state index is 11.1. The van der Waals surface area contributed by atoms with Gasteiger partial charge in [0.15, 0.2) is 0 Å². The fraction of sp³-hybridized carbons (Fsp3) is 0.667. The average Bonchev–Trinajstić information content (AvgIpc) is 2.75. The molecule has 0 aromatic carbocycles. The molecule has 0 bridgehead atoms. The topological polar surface area (TPSA) is 94.0 Å². The number of fused-ring (bicyclic) bond motifs is 1. The lowest BCUT2D eigenvalue weighted by Crippen LogP contribution is -2.20. The zero-order valence-electron chi connectivity index (χ0n) is 8.39. The SMILES string of the molecule is NCCC(C(=O)O)c1nnc2n1CCC2. The largest absolute Gasteiger partial charge is 0.481 e. The monoisotopic (exact) mass is 210 g/mol. The molecule has 0 saturated heterocycles. The van der Waals surface area contributed by atoms with Crippen molar-refractivity contribution >= 4 is 5.97 Å². The first kappa shape index (κ1) is 10.1. The number of nitrogens with two attached hydrogens (primary N) is 1. The number of hydrogen-bond acceptors (Lipinski definition) is 4. The first-order chi connectivity index (χ1) is 7.24. The molecule has 0 radical (unpaired) electrons. The first-order valence-electron chi connectivity index (χ1n) is 5.09. The summed E-state index contributed by atoms with van der Waals surface area (Å²) in [6.45, 7) is 1.17. The maximum atomic E-state index is 11.1. The highest BCUT2D eigenvalue weighted by molar-refractivity contribution is 5.74. The minimum atomic E-state index is -0.873. The van der Waals surface area contributed by atoms with Crippen LogP contribution in [0.1, 0.15) is 30.4 Å². The van der Waals surface area contributed by atoms with Gasteiger partial charge >= 0.3 is 5.97 Å². The second-order valence-corrected chi connectivity index (χ2v) is 3.70. The van der Waals surface area contributed by atoms with Crippen LogP contribution in [0.2, 0.25) is 0 Å². The number of carboxylic acid groups (broad SMARTS) is 1. The summed E-state index contributed by atoms with van der Waals surface area (Å²) >= 11 is 0. The first-order valence-corrected chi connectivity index (χ1v) is 5.09. The van der Waals surface area contributed by atoms with E-state index >= 15 is 0 Å². The van der Waals surface area contributed by atoms with Gasteiger partial charge in [-0.15, -0.1) is 10.2 Å². The van der Waals surface area contributed by atoms with Crippen LogP contribution < -0.4 is 5.73 Å². The number of aliphatic carboxylic acids is 1. The van der Waals surface area contributed by atoms with Crippen molar-refractivity contribution in [3.63, 3.8) is 0 Å². The normalized spacial score (nSPS) is 16.3. The van der Waals surface area contributed by atoms with Gasteiger partial charge in [0.2, 0.25) is 0 Å². The van der Waals surface area contributed by atoms with Crippen molar-refractivity contribution in [2.24, 2.45) is 5.73 Å². The van der Waals surface area contributed by atoms with Crippen molar-refractivity contribution in [2.45, 2.75) is 31.7 Å². The van der Waals surface area contributed by atoms with Crippen LogP contribution in [0.3, 0.4) is 0 Å². The minimum Gasteiger partial charge on any atom is -0.481 e. The lowest BCUT2D eigenvalue weighted by Gasteiger charge is -2.10. The standard InChI is InChI=1S/C9H14N4O2/c10-4-3-6(9(14)15)8-12-11-7-2-1-5-13(7)8/h6H,1-5,10H2,(H,14,15). The van der Waals surface area contributed by atoms with Crippen molar-refractivity contribution in [3.05, 3.63) is 11.6 Å². The second kappa shape index (κ2) is 3.98. The van der Waals surface area contributed by atoms with E-state index in [9.17, 15) is 4.79 Å². The molecule has 15 heavy (non-hydrogen) atoms. The van der Waals surface area contributed by atoms with Gasteiger partial charge in [0.05, 0.1) is 0 Å². The molecular weight excluding hydrogens is 196 g/mol. The number of nitrogens with zero attached hydrogens (tertiary/aromatic N) is 3. The molecule has 0 saturated carbocycles. The molecule has 1 atom stereocenters. The van der Waals surface area contributed by atoms with E-state index in [0.717, 1.165) is 25.2 Å². The van der Waals surface area contributed by atoms with Gasteiger partial charge in [-0.25, -0.2) is 0 Å². The Morgan fingerprint density at radius 2 is 2.40 bits per heavy atom. The van der Waals surface area contributed by atoms with Gasteiger partial charge in [0.25, 0.3) is 0 Å². The van der Waals surface area contributed by atoms with E-state index in [1.165, 1.54) is 0 Å². The van der Waals surface area contributed by atoms with Gasteiger partial charge in [0, 0.05) is 13.0 Å². The zero-order valence-corrected chi connectivity index (χ0v) is 8.39. The van der Waals surface area contributed by atoms with Crippen molar-refractivity contribution in [1.29, 1.82) is 0 Å². The molecule has 1 aromatic rings. The molecule has 0 aliphatic carbocycles. The predicted molar refractivity (Wildman–Crippen MR) is 52.4 cm³/mol. The van der Waals surface area contributed by atoms with E-state index in [2.05, 4.69) is 10.2 Å². The van der Waals surface area contributed by atoms with Crippen molar-refractivity contribution in [2.75, 3.05) is 6.54 Å². The number of carboxylic acids is 1. The Bertz CT molecular complexity index is 374. The second-order valence-electron chi connectivity index (χ2n) is 3.70. The lowest BCUT2D eigenvalue weighted by molar-refractivity contribution is -0.139. The number of aryl methyl sites for hydroxylation is 1. The van der Waals surface area contributed by atoms with Crippen LogP contribution in [0.15, 0.2) is 0 Å². The third kappa shape index (κ3) is 1.72. The molecule has 6 nitrogen and oxygen atoms in total. The van der Waals surface area contributed by atoms with Gasteiger partial charge in [-0.3, -0.25) is 4.79 Å². The quantitative estimate of drug-likeness (QED) is 0.714. The molecule has 82 valence electrons. The van der Waals surface area contributed by atoms with Gasteiger partial charge in [-0.1, -0.05) is 0 Å². The van der Waals surface area contributed by atoms with Crippen molar-refractivity contribution < 1.29 is 9.90 Å². The molecule has 1 aliphatic heterocycles. The van der Waals surface area contributed by atoms with Gasteiger partial charge in [0.1, 0.15) is 17.6 Å². The van der Waals surface area contributed by atoms with Gasteiger partial charge < -0.3 is 15.4 Å². The Hall–Kier alpha value is -1.43. The highest BCUT2D eigenvalue weighted by Gasteiger charge is 2.28. The van der Waals surface area contributed by atoms with E-state index in [-0.39, 0.29) is 0 Å². The van der Waals surface area contributed by atoms with Crippen LogP contribution in [0.5, 0.6) is 0 Å². The van der Waals surface area contributed by atoms with Crippen molar-refractivity contribution in [3.8, 4) is 0 Å². The summed E-state index contributed by atoms with van der Waals surface area (Å²) in [6.07, 6.45) is 2.32. The Morgan fingerprint density at radius 3 is 3.07 bits per heavy atom. The Morgan fingerprint density at radius 1 is 1.60 bits per heavy atom.